The van der Waals surface area contributed by atoms with Crippen LogP contribution in [0.5, 0.6) is 0 Å². The lowest BCUT2D eigenvalue weighted by Crippen LogP contribution is -2.23. The largest absolute Gasteiger partial charge is 0.385 e. The van der Waals surface area contributed by atoms with Crippen LogP contribution >= 0.6 is 0 Å². The quantitative estimate of drug-likeness (QED) is 0.866. The maximum absolute atomic E-state index is 12.5. The van der Waals surface area contributed by atoms with Crippen molar-refractivity contribution in [2.24, 2.45) is 0 Å². The number of aromatic nitrogens is 1. The second kappa shape index (κ2) is 5.53. The number of anilines is 1. The van der Waals surface area contributed by atoms with Gasteiger partial charge in [0.2, 0.25) is 0 Å². The third-order valence-electron chi connectivity index (χ3n) is 4.09. The molecule has 0 unspecified atom stereocenters. The fourth-order valence-electron chi connectivity index (χ4n) is 2.94. The molecule has 0 fully saturated rings. The fourth-order valence-corrected chi connectivity index (χ4v) is 2.94. The van der Waals surface area contributed by atoms with Gasteiger partial charge in [0.25, 0.3) is 5.56 Å². The lowest BCUT2D eigenvalue weighted by molar-refractivity contribution is 0.621. The van der Waals surface area contributed by atoms with E-state index in [0.29, 0.717) is 12.4 Å². The van der Waals surface area contributed by atoms with E-state index in [1.165, 1.54) is 31.3 Å². The molecule has 0 radical (unpaired) electrons. The smallest absolute Gasteiger partial charge is 0.259 e. The van der Waals surface area contributed by atoms with Crippen molar-refractivity contribution in [3.8, 4) is 0 Å². The predicted octanol–water partition coefficient (Wildman–Crippen LogP) is 3.47. The summed E-state index contributed by atoms with van der Waals surface area (Å²) < 4.78 is 1.71. The number of rotatable bonds is 3. The van der Waals surface area contributed by atoms with Crippen molar-refractivity contribution >= 4 is 16.6 Å². The van der Waals surface area contributed by atoms with Crippen LogP contribution in [0.3, 0.4) is 0 Å². The van der Waals surface area contributed by atoms with E-state index in [1.54, 1.807) is 4.57 Å². The third-order valence-corrected chi connectivity index (χ3v) is 4.09. The summed E-state index contributed by atoms with van der Waals surface area (Å²) in [6, 6.07) is 9.52. The van der Waals surface area contributed by atoms with Gasteiger partial charge in [-0.3, -0.25) is 9.36 Å². The number of hydrogen-bond donors (Lipinski definition) is 1. The Morgan fingerprint density at radius 3 is 2.85 bits per heavy atom. The molecule has 0 saturated heterocycles. The first-order chi connectivity index (χ1) is 9.75. The molecule has 0 amide bonds. The highest BCUT2D eigenvalue weighted by atomic mass is 16.1. The van der Waals surface area contributed by atoms with Crippen LogP contribution in [-0.2, 0) is 6.54 Å². The van der Waals surface area contributed by atoms with E-state index in [4.69, 9.17) is 5.73 Å². The number of pyridine rings is 1. The van der Waals surface area contributed by atoms with Gasteiger partial charge in [0.05, 0.1) is 0 Å². The SMILES string of the molecule is Nc1cc2ccccc2c(=O)n1CCC1=CCCCC1. The number of fused-ring (bicyclic) bond motifs is 1. The van der Waals surface area contributed by atoms with E-state index in [0.717, 1.165) is 17.2 Å². The molecule has 1 aromatic carbocycles. The molecule has 0 spiro atoms. The zero-order valence-corrected chi connectivity index (χ0v) is 11.6. The Bertz CT molecular complexity index is 712. The first kappa shape index (κ1) is 13.0. The van der Waals surface area contributed by atoms with Crippen LogP contribution in [0, 0.1) is 0 Å². The zero-order chi connectivity index (χ0) is 13.9. The number of hydrogen-bond acceptors (Lipinski definition) is 2. The zero-order valence-electron chi connectivity index (χ0n) is 11.6. The van der Waals surface area contributed by atoms with Gasteiger partial charge >= 0.3 is 0 Å². The molecule has 1 aliphatic carbocycles. The molecule has 1 aromatic heterocycles. The number of nitrogens with zero attached hydrogens (tertiary/aromatic N) is 1. The van der Waals surface area contributed by atoms with Crippen molar-refractivity contribution in [1.29, 1.82) is 0 Å². The summed E-state index contributed by atoms with van der Waals surface area (Å²) in [7, 11) is 0. The molecule has 3 rings (SSSR count). The Labute approximate surface area is 118 Å². The number of benzene rings is 1. The van der Waals surface area contributed by atoms with Crippen LogP contribution < -0.4 is 11.3 Å². The predicted molar refractivity (Wildman–Crippen MR) is 83.8 cm³/mol. The summed E-state index contributed by atoms with van der Waals surface area (Å²) in [4.78, 5) is 12.5. The molecule has 3 heteroatoms. The Hall–Kier alpha value is -2.03. The van der Waals surface area contributed by atoms with E-state index in [2.05, 4.69) is 6.08 Å². The van der Waals surface area contributed by atoms with Crippen molar-refractivity contribution < 1.29 is 0 Å². The van der Waals surface area contributed by atoms with Crippen molar-refractivity contribution in [2.45, 2.75) is 38.6 Å². The minimum atomic E-state index is 0.0250. The second-order valence-electron chi connectivity index (χ2n) is 5.47. The fraction of sp³-hybridized carbons (Fsp3) is 0.353. The van der Waals surface area contributed by atoms with Crippen LogP contribution in [0.25, 0.3) is 10.8 Å². The maximum Gasteiger partial charge on any atom is 0.259 e. The molecule has 104 valence electrons. The summed E-state index contributed by atoms with van der Waals surface area (Å²) >= 11 is 0. The van der Waals surface area contributed by atoms with Gasteiger partial charge in [-0.25, -0.2) is 0 Å². The van der Waals surface area contributed by atoms with Gasteiger partial charge in [0.1, 0.15) is 5.82 Å². The number of nitrogens with two attached hydrogens (primary N) is 1. The molecular weight excluding hydrogens is 248 g/mol. The van der Waals surface area contributed by atoms with Gasteiger partial charge in [-0.2, -0.15) is 0 Å². The highest BCUT2D eigenvalue weighted by Crippen LogP contribution is 2.21. The summed E-state index contributed by atoms with van der Waals surface area (Å²) in [5, 5.41) is 1.67. The van der Waals surface area contributed by atoms with Gasteiger partial charge in [0, 0.05) is 11.9 Å². The Morgan fingerprint density at radius 1 is 1.20 bits per heavy atom. The lowest BCUT2D eigenvalue weighted by atomic mass is 9.97. The molecule has 3 nitrogen and oxygen atoms in total. The molecular formula is C17H20N2O. The number of allylic oxidation sites excluding steroid dienone is 2. The molecule has 0 atom stereocenters. The summed E-state index contributed by atoms with van der Waals surface area (Å²) in [5.74, 6) is 0.560. The molecule has 2 N–H and O–H groups in total. The average Bonchev–Trinajstić information content (AvgIpc) is 2.48. The minimum absolute atomic E-state index is 0.0250. The monoisotopic (exact) mass is 268 g/mol. The molecule has 1 heterocycles. The summed E-state index contributed by atoms with van der Waals surface area (Å²) in [6.45, 7) is 0.682. The van der Waals surface area contributed by atoms with Gasteiger partial charge in [-0.05, 0) is 49.6 Å². The molecule has 2 aromatic rings. The van der Waals surface area contributed by atoms with E-state index in [9.17, 15) is 4.79 Å². The first-order valence-corrected chi connectivity index (χ1v) is 7.31. The van der Waals surface area contributed by atoms with Crippen molar-refractivity contribution in [3.63, 3.8) is 0 Å². The lowest BCUT2D eigenvalue weighted by Gasteiger charge is -2.15. The standard InChI is InChI=1S/C17H20N2O/c18-16-12-14-8-4-5-9-15(14)17(20)19(16)11-10-13-6-2-1-3-7-13/h4-6,8-9,12H,1-3,7,10-11,18H2. The molecule has 1 aliphatic rings. The van der Waals surface area contributed by atoms with Crippen LogP contribution in [0.1, 0.15) is 32.1 Å². The first-order valence-electron chi connectivity index (χ1n) is 7.31. The highest BCUT2D eigenvalue weighted by Gasteiger charge is 2.09. The van der Waals surface area contributed by atoms with Crippen LogP contribution in [0.15, 0.2) is 46.8 Å². The van der Waals surface area contributed by atoms with E-state index < -0.39 is 0 Å². The van der Waals surface area contributed by atoms with Gasteiger partial charge in [0.15, 0.2) is 0 Å². The summed E-state index contributed by atoms with van der Waals surface area (Å²) in [6.07, 6.45) is 8.17. The average molecular weight is 268 g/mol. The molecule has 0 aliphatic heterocycles. The van der Waals surface area contributed by atoms with Crippen LogP contribution in [0.4, 0.5) is 5.82 Å². The maximum atomic E-state index is 12.5. The minimum Gasteiger partial charge on any atom is -0.385 e. The van der Waals surface area contributed by atoms with Crippen molar-refractivity contribution in [3.05, 3.63) is 52.3 Å². The number of nitrogen functional groups attached to an aromatic ring is 1. The highest BCUT2D eigenvalue weighted by molar-refractivity contribution is 5.83. The van der Waals surface area contributed by atoms with E-state index in [-0.39, 0.29) is 5.56 Å². The third kappa shape index (κ3) is 2.48. The van der Waals surface area contributed by atoms with E-state index in [1.807, 2.05) is 30.3 Å². The van der Waals surface area contributed by atoms with Gasteiger partial charge in [-0.1, -0.05) is 29.8 Å². The second-order valence-corrected chi connectivity index (χ2v) is 5.47. The molecule has 0 saturated carbocycles. The molecule has 20 heavy (non-hydrogen) atoms. The van der Waals surface area contributed by atoms with Crippen LogP contribution in [-0.4, -0.2) is 4.57 Å². The topological polar surface area (TPSA) is 48.0 Å². The van der Waals surface area contributed by atoms with Crippen LogP contribution in [0.2, 0.25) is 0 Å². The summed E-state index contributed by atoms with van der Waals surface area (Å²) in [5.41, 5.74) is 7.54. The molecule has 0 bridgehead atoms. The van der Waals surface area contributed by atoms with E-state index >= 15 is 0 Å². The van der Waals surface area contributed by atoms with Crippen molar-refractivity contribution in [1.82, 2.24) is 4.57 Å². The Kier molecular flexibility index (Phi) is 3.59. The Morgan fingerprint density at radius 2 is 2.05 bits per heavy atom. The normalized spacial score (nSPS) is 15.3. The van der Waals surface area contributed by atoms with Crippen molar-refractivity contribution in [2.75, 3.05) is 5.73 Å². The van der Waals surface area contributed by atoms with Gasteiger partial charge < -0.3 is 5.73 Å². The van der Waals surface area contributed by atoms with Gasteiger partial charge in [-0.15, -0.1) is 0 Å². The Balaban J connectivity index is 1.91.